The first-order chi connectivity index (χ1) is 13.5. The molecule has 0 bridgehead atoms. The smallest absolute Gasteiger partial charge is 0.268 e. The Bertz CT molecular complexity index is 959. The summed E-state index contributed by atoms with van der Waals surface area (Å²) in [5.74, 6) is -0.282. The summed E-state index contributed by atoms with van der Waals surface area (Å²) >= 11 is 0. The minimum Gasteiger partial charge on any atom is -0.465 e. The highest BCUT2D eigenvalue weighted by molar-refractivity contribution is 6.05. The van der Waals surface area contributed by atoms with Gasteiger partial charge in [-0.05, 0) is 43.7 Å². The SMILES string of the molecule is Cc1ccc(C(=O)N/C(=C\c2ccco2)C(=O)N[C@H](C)c2ccccc2)cc1. The lowest BCUT2D eigenvalue weighted by Crippen LogP contribution is -2.36. The van der Waals surface area contributed by atoms with Crippen LogP contribution in [-0.2, 0) is 4.79 Å². The number of benzene rings is 2. The molecule has 28 heavy (non-hydrogen) atoms. The number of carbonyl (C=O) groups excluding carboxylic acids is 2. The van der Waals surface area contributed by atoms with Gasteiger partial charge in [0.1, 0.15) is 11.5 Å². The normalized spacial score (nSPS) is 12.3. The first kappa shape index (κ1) is 19.2. The van der Waals surface area contributed by atoms with Gasteiger partial charge in [0, 0.05) is 11.6 Å². The van der Waals surface area contributed by atoms with Gasteiger partial charge >= 0.3 is 0 Å². The zero-order chi connectivity index (χ0) is 19.9. The van der Waals surface area contributed by atoms with Crippen molar-refractivity contribution in [1.82, 2.24) is 10.6 Å². The highest BCUT2D eigenvalue weighted by Gasteiger charge is 2.17. The van der Waals surface area contributed by atoms with Gasteiger partial charge in [0.2, 0.25) is 0 Å². The molecule has 5 nitrogen and oxygen atoms in total. The van der Waals surface area contributed by atoms with E-state index in [0.717, 1.165) is 11.1 Å². The van der Waals surface area contributed by atoms with Crippen LogP contribution < -0.4 is 10.6 Å². The molecule has 0 aliphatic carbocycles. The molecule has 2 amide bonds. The molecule has 0 aliphatic heterocycles. The van der Waals surface area contributed by atoms with Crippen LogP contribution in [0.5, 0.6) is 0 Å². The van der Waals surface area contributed by atoms with Gasteiger partial charge in [-0.1, -0.05) is 48.0 Å². The van der Waals surface area contributed by atoms with Gasteiger partial charge in [-0.2, -0.15) is 0 Å². The largest absolute Gasteiger partial charge is 0.465 e. The van der Waals surface area contributed by atoms with Crippen molar-refractivity contribution in [2.24, 2.45) is 0 Å². The van der Waals surface area contributed by atoms with E-state index in [1.807, 2.05) is 56.3 Å². The second-order valence-corrected chi connectivity index (χ2v) is 6.50. The Balaban J connectivity index is 1.79. The van der Waals surface area contributed by atoms with Crippen LogP contribution in [0.2, 0.25) is 0 Å². The van der Waals surface area contributed by atoms with Crippen LogP contribution >= 0.6 is 0 Å². The van der Waals surface area contributed by atoms with Crippen LogP contribution in [0.1, 0.15) is 40.2 Å². The molecule has 0 saturated heterocycles. The van der Waals surface area contributed by atoms with Gasteiger partial charge in [-0.15, -0.1) is 0 Å². The van der Waals surface area contributed by atoms with Gasteiger partial charge in [0.25, 0.3) is 11.8 Å². The summed E-state index contributed by atoms with van der Waals surface area (Å²) in [6, 6.07) is 20.0. The Kier molecular flexibility index (Phi) is 6.07. The predicted molar refractivity (Wildman–Crippen MR) is 108 cm³/mol. The number of hydrogen-bond donors (Lipinski definition) is 2. The molecule has 0 radical (unpaired) electrons. The summed E-state index contributed by atoms with van der Waals surface area (Å²) in [7, 11) is 0. The molecule has 2 N–H and O–H groups in total. The standard InChI is InChI=1S/C23H22N2O3/c1-16-10-12-19(13-11-16)22(26)25-21(15-20-9-6-14-28-20)23(27)24-17(2)18-7-4-3-5-8-18/h3-15,17H,1-2H3,(H,24,27)(H,25,26)/b21-15-/t17-/m1/s1. The molecule has 1 heterocycles. The lowest BCUT2D eigenvalue weighted by atomic mass is 10.1. The lowest BCUT2D eigenvalue weighted by molar-refractivity contribution is -0.118. The third-order valence-corrected chi connectivity index (χ3v) is 4.28. The van der Waals surface area contributed by atoms with E-state index in [4.69, 9.17) is 4.42 Å². The fourth-order valence-electron chi connectivity index (χ4n) is 2.67. The molecule has 0 aliphatic rings. The Morgan fingerprint density at radius 3 is 2.32 bits per heavy atom. The number of aryl methyl sites for hydroxylation is 1. The molecule has 2 aromatic carbocycles. The fourth-order valence-corrected chi connectivity index (χ4v) is 2.67. The second kappa shape index (κ2) is 8.86. The predicted octanol–water partition coefficient (Wildman–Crippen LogP) is 4.24. The third-order valence-electron chi connectivity index (χ3n) is 4.28. The zero-order valence-electron chi connectivity index (χ0n) is 15.8. The molecule has 3 rings (SSSR count). The van der Waals surface area contributed by atoms with Crippen molar-refractivity contribution in [2.45, 2.75) is 19.9 Å². The topological polar surface area (TPSA) is 71.3 Å². The maximum absolute atomic E-state index is 12.8. The zero-order valence-corrected chi connectivity index (χ0v) is 15.8. The van der Waals surface area contributed by atoms with Crippen LogP contribution in [-0.4, -0.2) is 11.8 Å². The van der Waals surface area contributed by atoms with Crippen molar-refractivity contribution < 1.29 is 14.0 Å². The van der Waals surface area contributed by atoms with Crippen molar-refractivity contribution in [3.63, 3.8) is 0 Å². The van der Waals surface area contributed by atoms with E-state index in [0.29, 0.717) is 11.3 Å². The van der Waals surface area contributed by atoms with Crippen LogP contribution in [0.4, 0.5) is 0 Å². The number of carbonyl (C=O) groups is 2. The molecule has 0 spiro atoms. The summed E-state index contributed by atoms with van der Waals surface area (Å²) in [6.45, 7) is 3.84. The van der Waals surface area contributed by atoms with Gasteiger partial charge in [0.05, 0.1) is 12.3 Å². The Morgan fingerprint density at radius 1 is 0.964 bits per heavy atom. The first-order valence-electron chi connectivity index (χ1n) is 9.02. The van der Waals surface area contributed by atoms with Crippen LogP contribution in [0.25, 0.3) is 6.08 Å². The molecular weight excluding hydrogens is 352 g/mol. The maximum Gasteiger partial charge on any atom is 0.268 e. The van der Waals surface area contributed by atoms with Crippen molar-refractivity contribution in [3.8, 4) is 0 Å². The third kappa shape index (κ3) is 4.98. The summed E-state index contributed by atoms with van der Waals surface area (Å²) in [6.07, 6.45) is 3.02. The summed E-state index contributed by atoms with van der Waals surface area (Å²) in [5, 5.41) is 5.61. The molecule has 0 unspecified atom stereocenters. The summed E-state index contributed by atoms with van der Waals surface area (Å²) < 4.78 is 5.30. The van der Waals surface area contributed by atoms with Crippen molar-refractivity contribution in [1.29, 1.82) is 0 Å². The number of hydrogen-bond acceptors (Lipinski definition) is 3. The monoisotopic (exact) mass is 374 g/mol. The molecule has 0 fully saturated rings. The first-order valence-corrected chi connectivity index (χ1v) is 9.02. The van der Waals surface area contributed by atoms with E-state index in [9.17, 15) is 9.59 Å². The Labute approximate surface area is 164 Å². The van der Waals surface area contributed by atoms with E-state index in [1.54, 1.807) is 24.3 Å². The van der Waals surface area contributed by atoms with E-state index >= 15 is 0 Å². The molecular formula is C23H22N2O3. The highest BCUT2D eigenvalue weighted by atomic mass is 16.3. The van der Waals surface area contributed by atoms with E-state index < -0.39 is 5.91 Å². The van der Waals surface area contributed by atoms with Gasteiger partial charge in [-0.3, -0.25) is 9.59 Å². The molecule has 5 heteroatoms. The highest BCUT2D eigenvalue weighted by Crippen LogP contribution is 2.13. The second-order valence-electron chi connectivity index (χ2n) is 6.50. The lowest BCUT2D eigenvalue weighted by Gasteiger charge is -2.16. The molecule has 142 valence electrons. The quantitative estimate of drug-likeness (QED) is 0.634. The number of furan rings is 1. The van der Waals surface area contributed by atoms with E-state index in [1.165, 1.54) is 12.3 Å². The van der Waals surface area contributed by atoms with Crippen molar-refractivity contribution >= 4 is 17.9 Å². The molecule has 3 aromatic rings. The van der Waals surface area contributed by atoms with E-state index in [-0.39, 0.29) is 17.6 Å². The van der Waals surface area contributed by atoms with Crippen LogP contribution in [0, 0.1) is 6.92 Å². The number of nitrogens with one attached hydrogen (secondary N) is 2. The van der Waals surface area contributed by atoms with Gasteiger partial charge in [0.15, 0.2) is 0 Å². The van der Waals surface area contributed by atoms with Crippen molar-refractivity contribution in [3.05, 3.63) is 101 Å². The van der Waals surface area contributed by atoms with Crippen LogP contribution in [0.15, 0.2) is 83.1 Å². The van der Waals surface area contributed by atoms with E-state index in [2.05, 4.69) is 10.6 Å². The average Bonchev–Trinajstić information content (AvgIpc) is 3.21. The Hall–Kier alpha value is -3.60. The number of amides is 2. The maximum atomic E-state index is 12.8. The molecule has 1 aromatic heterocycles. The van der Waals surface area contributed by atoms with Gasteiger partial charge in [-0.25, -0.2) is 0 Å². The van der Waals surface area contributed by atoms with Crippen molar-refractivity contribution in [2.75, 3.05) is 0 Å². The number of rotatable bonds is 6. The minimum atomic E-state index is -0.395. The minimum absolute atomic E-state index is 0.114. The fraction of sp³-hybridized carbons (Fsp3) is 0.130. The molecule has 0 saturated carbocycles. The van der Waals surface area contributed by atoms with Gasteiger partial charge < -0.3 is 15.1 Å². The summed E-state index contributed by atoms with van der Waals surface area (Å²) in [4.78, 5) is 25.4. The molecule has 1 atom stereocenters. The van der Waals surface area contributed by atoms with Crippen LogP contribution in [0.3, 0.4) is 0 Å². The summed E-state index contributed by atoms with van der Waals surface area (Å²) in [5.41, 5.74) is 2.61. The average molecular weight is 374 g/mol. The Morgan fingerprint density at radius 2 is 1.68 bits per heavy atom.